The number of benzene rings is 1. The molecule has 0 fully saturated rings. The van der Waals surface area contributed by atoms with Crippen LogP contribution in [0.1, 0.15) is 0 Å². The predicted molar refractivity (Wildman–Crippen MR) is 70.1 cm³/mol. The van der Waals surface area contributed by atoms with E-state index in [1.165, 1.54) is 17.8 Å². The molecule has 0 saturated carbocycles. The molecule has 0 radical (unpaired) electrons. The van der Waals surface area contributed by atoms with E-state index in [1.54, 1.807) is 6.26 Å². The summed E-state index contributed by atoms with van der Waals surface area (Å²) < 4.78 is 27.0. The molecule has 0 aliphatic rings. The minimum absolute atomic E-state index is 0.159. The monoisotopic (exact) mass is 303 g/mol. The van der Waals surface area contributed by atoms with Crippen LogP contribution in [0, 0.1) is 11.6 Å². The molecule has 8 heteroatoms. The van der Waals surface area contributed by atoms with E-state index in [0.717, 1.165) is 12.1 Å². The molecule has 2 aromatic rings. The average molecular weight is 304 g/mol. The first-order chi connectivity index (χ1) is 9.02. The Morgan fingerprint density at radius 1 is 1.26 bits per heavy atom. The van der Waals surface area contributed by atoms with Gasteiger partial charge in [0.05, 0.1) is 0 Å². The number of thioether (sulfide) groups is 1. The third-order valence-corrected chi connectivity index (χ3v) is 3.02. The summed E-state index contributed by atoms with van der Waals surface area (Å²) in [5.41, 5.74) is -0.417. The zero-order chi connectivity index (χ0) is 14.0. The van der Waals surface area contributed by atoms with Crippen molar-refractivity contribution in [1.82, 2.24) is 9.97 Å². The van der Waals surface area contributed by atoms with E-state index in [-0.39, 0.29) is 16.1 Å². The van der Waals surface area contributed by atoms with Crippen molar-refractivity contribution in [2.24, 2.45) is 0 Å². The van der Waals surface area contributed by atoms with Crippen LogP contribution in [0.5, 0.6) is 5.75 Å². The second kappa shape index (κ2) is 5.58. The molecule has 2 N–H and O–H groups in total. The maximum Gasteiger partial charge on any atom is 0.196 e. The topological polar surface area (TPSA) is 58.0 Å². The van der Waals surface area contributed by atoms with Gasteiger partial charge in [0.25, 0.3) is 0 Å². The number of nitrogens with zero attached hydrogens (tertiary/aromatic N) is 2. The van der Waals surface area contributed by atoms with Crippen molar-refractivity contribution >= 4 is 34.9 Å². The van der Waals surface area contributed by atoms with Crippen LogP contribution in [0.25, 0.3) is 0 Å². The lowest BCUT2D eigenvalue weighted by molar-refractivity contribution is 0.470. The summed E-state index contributed by atoms with van der Waals surface area (Å²) in [4.78, 5) is 7.68. The minimum Gasteiger partial charge on any atom is -0.502 e. The highest BCUT2D eigenvalue weighted by atomic mass is 35.5. The van der Waals surface area contributed by atoms with Gasteiger partial charge in [0.15, 0.2) is 21.9 Å². The summed E-state index contributed by atoms with van der Waals surface area (Å²) in [5.74, 6) is -2.24. The van der Waals surface area contributed by atoms with Crippen LogP contribution in [0.3, 0.4) is 0 Å². The highest BCUT2D eigenvalue weighted by Crippen LogP contribution is 2.33. The van der Waals surface area contributed by atoms with Gasteiger partial charge in [-0.15, -0.1) is 0 Å². The lowest BCUT2D eigenvalue weighted by Gasteiger charge is -2.10. The van der Waals surface area contributed by atoms with Crippen molar-refractivity contribution in [2.75, 3.05) is 11.6 Å². The van der Waals surface area contributed by atoms with Crippen LogP contribution in [0.4, 0.5) is 20.3 Å². The van der Waals surface area contributed by atoms with Crippen molar-refractivity contribution < 1.29 is 13.9 Å². The fourth-order valence-corrected chi connectivity index (χ4v) is 1.91. The van der Waals surface area contributed by atoms with Gasteiger partial charge in [-0.3, -0.25) is 0 Å². The van der Waals surface area contributed by atoms with Crippen molar-refractivity contribution in [3.8, 4) is 5.75 Å². The van der Waals surface area contributed by atoms with Crippen molar-refractivity contribution in [1.29, 1.82) is 0 Å². The molecule has 0 unspecified atom stereocenters. The highest BCUT2D eigenvalue weighted by molar-refractivity contribution is 7.98. The van der Waals surface area contributed by atoms with Crippen LogP contribution in [-0.4, -0.2) is 21.3 Å². The summed E-state index contributed by atoms with van der Waals surface area (Å²) in [7, 11) is 0. The summed E-state index contributed by atoms with van der Waals surface area (Å²) in [6.45, 7) is 0. The molecule has 19 heavy (non-hydrogen) atoms. The number of aromatic hydroxyl groups is 1. The first-order valence-electron chi connectivity index (χ1n) is 5.04. The molecule has 0 bridgehead atoms. The molecule has 0 amide bonds. The van der Waals surface area contributed by atoms with E-state index >= 15 is 0 Å². The van der Waals surface area contributed by atoms with E-state index in [1.807, 2.05) is 0 Å². The van der Waals surface area contributed by atoms with E-state index in [4.69, 9.17) is 11.6 Å². The lowest BCUT2D eigenvalue weighted by Crippen LogP contribution is -2.01. The number of aromatic nitrogens is 2. The molecule has 2 rings (SSSR count). The largest absolute Gasteiger partial charge is 0.502 e. The maximum absolute atomic E-state index is 13.5. The number of anilines is 2. The molecule has 0 spiro atoms. The molecule has 0 atom stereocenters. The maximum atomic E-state index is 13.5. The molecule has 0 aliphatic heterocycles. The molecule has 0 saturated heterocycles. The number of para-hydroxylation sites is 1. The number of hydrogen-bond donors (Lipinski definition) is 2. The minimum atomic E-state index is -0.806. The van der Waals surface area contributed by atoms with Gasteiger partial charge in [-0.2, -0.15) is 0 Å². The zero-order valence-corrected chi connectivity index (χ0v) is 11.2. The molecule has 100 valence electrons. The number of nitrogens with one attached hydrogen (secondary N) is 1. The normalized spacial score (nSPS) is 10.5. The lowest BCUT2D eigenvalue weighted by atomic mass is 10.3. The predicted octanol–water partition coefficient (Wildman–Crippen LogP) is 3.58. The quantitative estimate of drug-likeness (QED) is 0.515. The molecule has 1 aromatic carbocycles. The smallest absolute Gasteiger partial charge is 0.196 e. The van der Waals surface area contributed by atoms with E-state index < -0.39 is 23.1 Å². The molecule has 0 aliphatic carbocycles. The summed E-state index contributed by atoms with van der Waals surface area (Å²) in [6.07, 6.45) is 1.70. The zero-order valence-electron chi connectivity index (χ0n) is 9.62. The number of rotatable bonds is 3. The van der Waals surface area contributed by atoms with Gasteiger partial charge in [-0.05, 0) is 18.4 Å². The Morgan fingerprint density at radius 3 is 2.47 bits per heavy atom. The van der Waals surface area contributed by atoms with Crippen LogP contribution < -0.4 is 5.32 Å². The van der Waals surface area contributed by atoms with Crippen molar-refractivity contribution in [3.05, 3.63) is 35.0 Å². The number of halogens is 3. The van der Waals surface area contributed by atoms with Crippen LogP contribution >= 0.6 is 23.4 Å². The Labute approximate surface area is 116 Å². The highest BCUT2D eigenvalue weighted by Gasteiger charge is 2.15. The second-order valence-corrected chi connectivity index (χ2v) is 4.55. The van der Waals surface area contributed by atoms with Gasteiger partial charge in [0.1, 0.15) is 17.3 Å². The number of hydrogen-bond acceptors (Lipinski definition) is 5. The Balaban J connectivity index is 2.46. The molecule has 1 aromatic heterocycles. The Hall–Kier alpha value is -1.60. The van der Waals surface area contributed by atoms with Gasteiger partial charge >= 0.3 is 0 Å². The molecule has 1 heterocycles. The first kappa shape index (κ1) is 13.8. The van der Waals surface area contributed by atoms with E-state index in [2.05, 4.69) is 15.3 Å². The summed E-state index contributed by atoms with van der Waals surface area (Å²) >= 11 is 6.88. The van der Waals surface area contributed by atoms with Gasteiger partial charge in [-0.25, -0.2) is 18.7 Å². The Kier molecular flexibility index (Phi) is 4.06. The van der Waals surface area contributed by atoms with Gasteiger partial charge < -0.3 is 10.4 Å². The second-order valence-electron chi connectivity index (χ2n) is 3.42. The molecular weight excluding hydrogens is 296 g/mol. The van der Waals surface area contributed by atoms with Crippen LogP contribution in [-0.2, 0) is 0 Å². The molecular formula is C11H8ClF2N3OS. The summed E-state index contributed by atoms with van der Waals surface area (Å²) in [6, 6.07) is 3.40. The van der Waals surface area contributed by atoms with Crippen molar-refractivity contribution in [2.45, 2.75) is 5.16 Å². The fourth-order valence-electron chi connectivity index (χ4n) is 1.32. The van der Waals surface area contributed by atoms with E-state index in [9.17, 15) is 13.9 Å². The van der Waals surface area contributed by atoms with Gasteiger partial charge in [0.2, 0.25) is 0 Å². The van der Waals surface area contributed by atoms with Crippen molar-refractivity contribution in [3.63, 3.8) is 0 Å². The van der Waals surface area contributed by atoms with Gasteiger partial charge in [0, 0.05) is 0 Å². The van der Waals surface area contributed by atoms with E-state index in [0.29, 0.717) is 0 Å². The SMILES string of the molecule is CSc1nc(Cl)c(O)c(Nc2c(F)cccc2F)n1. The summed E-state index contributed by atoms with van der Waals surface area (Å²) in [5, 5.41) is 12.1. The Morgan fingerprint density at radius 2 is 1.89 bits per heavy atom. The first-order valence-corrected chi connectivity index (χ1v) is 6.64. The average Bonchev–Trinajstić information content (AvgIpc) is 2.38. The Bertz CT molecular complexity index is 607. The fraction of sp³-hybridized carbons (Fsp3) is 0.0909. The third kappa shape index (κ3) is 2.87. The third-order valence-electron chi connectivity index (χ3n) is 2.21. The van der Waals surface area contributed by atoms with Gasteiger partial charge in [-0.1, -0.05) is 29.4 Å². The van der Waals surface area contributed by atoms with Crippen LogP contribution in [0.15, 0.2) is 23.4 Å². The van der Waals surface area contributed by atoms with Crippen LogP contribution in [0.2, 0.25) is 5.15 Å². The standard InChI is InChI=1S/C11H8ClF2N3OS/c1-19-11-16-9(12)8(18)10(17-11)15-7-5(13)3-2-4-6(7)14/h2-4,18H,1H3,(H,15,16,17). The molecule has 4 nitrogen and oxygen atoms in total.